The van der Waals surface area contributed by atoms with E-state index in [2.05, 4.69) is 0 Å². The zero-order chi connectivity index (χ0) is 19.7. The summed E-state index contributed by atoms with van der Waals surface area (Å²) in [5, 5.41) is 8.84. The predicted octanol–water partition coefficient (Wildman–Crippen LogP) is 3.57. The summed E-state index contributed by atoms with van der Waals surface area (Å²) in [5.74, 6) is -1.63. The van der Waals surface area contributed by atoms with Gasteiger partial charge in [0.05, 0.1) is 0 Å². The quantitative estimate of drug-likeness (QED) is 0.543. The molecule has 1 aromatic carbocycles. The van der Waals surface area contributed by atoms with Crippen molar-refractivity contribution >= 4 is 29.6 Å². The molecule has 7 nitrogen and oxygen atoms in total. The number of rotatable bonds is 8. The van der Waals surface area contributed by atoms with Crippen LogP contribution in [0.25, 0.3) is 0 Å². The van der Waals surface area contributed by atoms with Gasteiger partial charge in [-0.25, -0.2) is 9.59 Å². The van der Waals surface area contributed by atoms with Gasteiger partial charge in [-0.3, -0.25) is 9.69 Å². The molecular weight excluding hydrogens is 362 g/mol. The van der Waals surface area contributed by atoms with Gasteiger partial charge in [-0.1, -0.05) is 41.9 Å². The van der Waals surface area contributed by atoms with E-state index >= 15 is 0 Å². The summed E-state index contributed by atoms with van der Waals surface area (Å²) in [5.41, 5.74) is -0.226. The average molecular weight is 386 g/mol. The van der Waals surface area contributed by atoms with Crippen molar-refractivity contribution in [3.8, 4) is 0 Å². The molecule has 26 heavy (non-hydrogen) atoms. The number of carbonyl (C=O) groups is 3. The van der Waals surface area contributed by atoms with Crippen LogP contribution in [0, 0.1) is 0 Å². The fraction of sp³-hybridized carbons (Fsp3) is 0.500. The Kier molecular flexibility index (Phi) is 8.38. The molecule has 0 aliphatic heterocycles. The van der Waals surface area contributed by atoms with Crippen molar-refractivity contribution in [2.45, 2.75) is 45.3 Å². The smallest absolute Gasteiger partial charge is 0.411 e. The number of amides is 1. The van der Waals surface area contributed by atoms with Crippen molar-refractivity contribution in [1.29, 1.82) is 0 Å². The third kappa shape index (κ3) is 7.31. The number of esters is 1. The molecule has 0 aromatic heterocycles. The molecule has 1 amide bonds. The van der Waals surface area contributed by atoms with Crippen molar-refractivity contribution in [1.82, 2.24) is 4.90 Å². The number of aliphatic carboxylic acids is 1. The van der Waals surface area contributed by atoms with Gasteiger partial charge in [-0.2, -0.15) is 0 Å². The van der Waals surface area contributed by atoms with Crippen LogP contribution in [0.4, 0.5) is 4.79 Å². The number of hydrogen-bond donors (Lipinski definition) is 1. The number of alkyl halides is 1. The summed E-state index contributed by atoms with van der Waals surface area (Å²) in [7, 11) is 0. The fourth-order valence-electron chi connectivity index (χ4n) is 2.29. The summed E-state index contributed by atoms with van der Waals surface area (Å²) < 4.78 is 10.3. The number of nitrogens with zero attached hydrogens (tertiary/aromatic N) is 1. The third-order valence-corrected chi connectivity index (χ3v) is 3.37. The minimum Gasteiger partial charge on any atom is -0.481 e. The second-order valence-electron chi connectivity index (χ2n) is 6.56. The van der Waals surface area contributed by atoms with Crippen molar-refractivity contribution in [3.63, 3.8) is 0 Å². The van der Waals surface area contributed by atoms with E-state index in [-0.39, 0.29) is 25.5 Å². The molecule has 1 N–H and O–H groups in total. The van der Waals surface area contributed by atoms with Crippen LogP contribution >= 0.6 is 11.6 Å². The molecule has 0 aliphatic carbocycles. The van der Waals surface area contributed by atoms with Gasteiger partial charge < -0.3 is 14.6 Å². The Morgan fingerprint density at radius 3 is 2.31 bits per heavy atom. The van der Waals surface area contributed by atoms with Crippen LogP contribution in [0.3, 0.4) is 0 Å². The number of halogens is 1. The molecule has 0 radical (unpaired) electrons. The second-order valence-corrected chi connectivity index (χ2v) is 6.77. The third-order valence-electron chi connectivity index (χ3n) is 3.26. The van der Waals surface area contributed by atoms with E-state index in [0.717, 1.165) is 4.90 Å². The maximum atomic E-state index is 12.8. The summed E-state index contributed by atoms with van der Waals surface area (Å²) in [6.45, 7) is 5.16. The summed E-state index contributed by atoms with van der Waals surface area (Å²) >= 11 is 5.48. The zero-order valence-electron chi connectivity index (χ0n) is 15.1. The van der Waals surface area contributed by atoms with Crippen LogP contribution in [0.15, 0.2) is 30.3 Å². The van der Waals surface area contributed by atoms with E-state index in [1.165, 1.54) is 0 Å². The number of carbonyl (C=O) groups excluding carboxylic acids is 2. The SMILES string of the molecule is CC(C)(C)OC(=O)C(c1ccccc1)N(CCCC(=O)O)C(=O)OCCl. The molecule has 144 valence electrons. The Hall–Kier alpha value is -2.28. The molecular formula is C18H24ClNO6. The number of ether oxygens (including phenoxy) is 2. The first-order valence-corrected chi connectivity index (χ1v) is 8.68. The largest absolute Gasteiger partial charge is 0.481 e. The average Bonchev–Trinajstić information content (AvgIpc) is 2.53. The molecule has 8 heteroatoms. The first-order chi connectivity index (χ1) is 12.2. The van der Waals surface area contributed by atoms with Crippen molar-refractivity contribution in [3.05, 3.63) is 35.9 Å². The molecule has 1 atom stereocenters. The van der Waals surface area contributed by atoms with Crippen molar-refractivity contribution < 1.29 is 29.0 Å². The van der Waals surface area contributed by atoms with E-state index in [0.29, 0.717) is 5.56 Å². The highest BCUT2D eigenvalue weighted by Gasteiger charge is 2.35. The minimum atomic E-state index is -1.07. The molecule has 1 rings (SSSR count). The fourth-order valence-corrected chi connectivity index (χ4v) is 2.39. The molecule has 0 saturated heterocycles. The number of benzene rings is 1. The Morgan fingerprint density at radius 1 is 1.19 bits per heavy atom. The molecule has 0 saturated carbocycles. The topological polar surface area (TPSA) is 93.1 Å². The van der Waals surface area contributed by atoms with Gasteiger partial charge in [0.25, 0.3) is 0 Å². The molecule has 1 aromatic rings. The van der Waals surface area contributed by atoms with Gasteiger partial charge >= 0.3 is 18.0 Å². The van der Waals surface area contributed by atoms with Gasteiger partial charge in [0.2, 0.25) is 0 Å². The van der Waals surface area contributed by atoms with E-state index in [4.69, 9.17) is 26.2 Å². The van der Waals surface area contributed by atoms with Gasteiger partial charge in [-0.15, -0.1) is 0 Å². The molecule has 0 heterocycles. The summed E-state index contributed by atoms with van der Waals surface area (Å²) in [4.78, 5) is 37.1. The lowest BCUT2D eigenvalue weighted by Crippen LogP contribution is -2.42. The number of hydrogen-bond acceptors (Lipinski definition) is 5. The van der Waals surface area contributed by atoms with Crippen LogP contribution in [-0.4, -0.2) is 46.3 Å². The molecule has 0 aliphatic rings. The van der Waals surface area contributed by atoms with E-state index in [1.807, 2.05) is 0 Å². The summed E-state index contributed by atoms with van der Waals surface area (Å²) in [6.07, 6.45) is -0.815. The Bertz CT molecular complexity index is 614. The summed E-state index contributed by atoms with van der Waals surface area (Å²) in [6, 6.07) is 7.16. The zero-order valence-corrected chi connectivity index (χ0v) is 15.9. The van der Waals surface area contributed by atoms with Crippen LogP contribution in [0.2, 0.25) is 0 Å². The standard InChI is InChI=1S/C18H24ClNO6/c1-18(2,3)26-16(23)15(13-8-5-4-6-9-13)20(17(24)25-12-19)11-7-10-14(21)22/h4-6,8-9,15H,7,10-12H2,1-3H3,(H,21,22). The lowest BCUT2D eigenvalue weighted by Gasteiger charge is -2.32. The van der Waals surface area contributed by atoms with Crippen LogP contribution in [0.5, 0.6) is 0 Å². The number of carboxylic acids is 1. The minimum absolute atomic E-state index is 0.000819. The molecule has 1 unspecified atom stereocenters. The lowest BCUT2D eigenvalue weighted by atomic mass is 10.0. The van der Waals surface area contributed by atoms with Crippen LogP contribution in [0.1, 0.15) is 45.2 Å². The van der Waals surface area contributed by atoms with E-state index in [9.17, 15) is 14.4 Å². The maximum Gasteiger partial charge on any atom is 0.411 e. The molecule has 0 bridgehead atoms. The first kappa shape index (κ1) is 21.8. The lowest BCUT2D eigenvalue weighted by molar-refractivity contribution is -0.161. The van der Waals surface area contributed by atoms with Crippen molar-refractivity contribution in [2.24, 2.45) is 0 Å². The van der Waals surface area contributed by atoms with Gasteiger partial charge in [0, 0.05) is 13.0 Å². The van der Waals surface area contributed by atoms with Crippen LogP contribution in [-0.2, 0) is 19.1 Å². The van der Waals surface area contributed by atoms with E-state index < -0.39 is 29.7 Å². The van der Waals surface area contributed by atoms with E-state index in [1.54, 1.807) is 51.1 Å². The highest BCUT2D eigenvalue weighted by molar-refractivity contribution is 6.17. The molecule has 0 fully saturated rings. The highest BCUT2D eigenvalue weighted by Crippen LogP contribution is 2.26. The van der Waals surface area contributed by atoms with Gasteiger partial charge in [0.15, 0.2) is 12.1 Å². The Labute approximate surface area is 157 Å². The second kappa shape index (κ2) is 10.0. The number of carboxylic acid groups (broad SMARTS) is 1. The molecule has 0 spiro atoms. The predicted molar refractivity (Wildman–Crippen MR) is 95.8 cm³/mol. The monoisotopic (exact) mass is 385 g/mol. The van der Waals surface area contributed by atoms with Gasteiger partial charge in [0.1, 0.15) is 5.60 Å². The maximum absolute atomic E-state index is 12.8. The normalized spacial score (nSPS) is 12.2. The highest BCUT2D eigenvalue weighted by atomic mass is 35.5. The Morgan fingerprint density at radius 2 is 1.81 bits per heavy atom. The van der Waals surface area contributed by atoms with Gasteiger partial charge in [-0.05, 0) is 32.8 Å². The Balaban J connectivity index is 3.19. The first-order valence-electron chi connectivity index (χ1n) is 8.14. The van der Waals surface area contributed by atoms with Crippen LogP contribution < -0.4 is 0 Å². The van der Waals surface area contributed by atoms with Crippen molar-refractivity contribution in [2.75, 3.05) is 12.6 Å².